The Morgan fingerprint density at radius 1 is 1.02 bits per heavy atom. The van der Waals surface area contributed by atoms with E-state index in [0.29, 0.717) is 63.0 Å². The molecule has 1 amide bonds. The number of carbonyl (C=O) groups excluding carboxylic acids is 1. The van der Waals surface area contributed by atoms with E-state index < -0.39 is 25.3 Å². The molecular weight excluding hydrogens is 707 g/mol. The lowest BCUT2D eigenvalue weighted by molar-refractivity contribution is 0.0123. The number of nitrogens with zero attached hydrogens (tertiary/aromatic N) is 5. The number of hydrogen-bond acceptors (Lipinski definition) is 9. The standard InChI is InChI=1S/C41H52F2N6O4Si/c1-23(2)54(24(3)4,25(5)6)16-15-30-33(42)14-11-26-17-29(52-22-51-10)18-31(34(26)30)36-35(43)37-32(19-45-36)38(47-39(44)46-37)48-20-27-12-13-28(21-48)49(27)40(50)53-41(7,8)9/h11,14,17-19,23-25,27-28H,12-13,20-22H2,1-10H3,(H2,44,46,47)/t27-,28+. The van der Waals surface area contributed by atoms with E-state index >= 15 is 8.78 Å². The number of halogens is 2. The quantitative estimate of drug-likeness (QED) is 0.107. The lowest BCUT2D eigenvalue weighted by atomic mass is 9.95. The fourth-order valence-electron chi connectivity index (χ4n) is 8.71. The summed E-state index contributed by atoms with van der Waals surface area (Å²) in [6.45, 7) is 19.6. The SMILES string of the molecule is COCOc1cc(-c2ncc3c(N4C[C@H]5CC[C@@H](C4)N5C(=O)OC(C)(C)C)nc(N)nc3c2F)c2c(C#C[Si](C(C)C)(C(C)C)C(C)C)c(F)ccc2c1. The van der Waals surface area contributed by atoms with E-state index in [1.807, 2.05) is 30.6 Å². The van der Waals surface area contributed by atoms with Crippen molar-refractivity contribution in [3.8, 4) is 28.5 Å². The maximum absolute atomic E-state index is 17.1. The molecule has 2 N–H and O–H groups in total. The Hall–Kier alpha value is -4.54. The zero-order valence-electron chi connectivity index (χ0n) is 33.0. The monoisotopic (exact) mass is 758 g/mol. The zero-order chi connectivity index (χ0) is 39.3. The smallest absolute Gasteiger partial charge is 0.410 e. The molecule has 0 spiro atoms. The molecule has 54 heavy (non-hydrogen) atoms. The highest BCUT2D eigenvalue weighted by Gasteiger charge is 2.45. The van der Waals surface area contributed by atoms with Gasteiger partial charge in [0.15, 0.2) is 12.6 Å². The number of amides is 1. The highest BCUT2D eigenvalue weighted by atomic mass is 28.3. The third kappa shape index (κ3) is 7.18. The summed E-state index contributed by atoms with van der Waals surface area (Å²) in [5, 5.41) is 1.41. The lowest BCUT2D eigenvalue weighted by Gasteiger charge is -2.42. The molecule has 2 bridgehead atoms. The highest BCUT2D eigenvalue weighted by molar-refractivity contribution is 6.90. The first-order chi connectivity index (χ1) is 25.5. The van der Waals surface area contributed by atoms with Crippen LogP contribution in [0.15, 0.2) is 30.5 Å². The van der Waals surface area contributed by atoms with Gasteiger partial charge in [-0.3, -0.25) is 9.88 Å². The van der Waals surface area contributed by atoms with Crippen LogP contribution < -0.4 is 15.4 Å². The predicted octanol–water partition coefficient (Wildman–Crippen LogP) is 8.85. The van der Waals surface area contributed by atoms with Gasteiger partial charge in [0.2, 0.25) is 5.95 Å². The van der Waals surface area contributed by atoms with E-state index in [1.165, 1.54) is 19.4 Å². The Morgan fingerprint density at radius 3 is 2.26 bits per heavy atom. The number of pyridine rings is 1. The molecule has 0 radical (unpaired) electrons. The van der Waals surface area contributed by atoms with E-state index in [9.17, 15) is 4.79 Å². The molecule has 0 unspecified atom stereocenters. The van der Waals surface area contributed by atoms with Crippen LogP contribution >= 0.6 is 0 Å². The molecule has 6 rings (SSSR count). The molecule has 2 aromatic carbocycles. The van der Waals surface area contributed by atoms with Gasteiger partial charge >= 0.3 is 6.09 Å². The van der Waals surface area contributed by atoms with Gasteiger partial charge in [-0.2, -0.15) is 4.98 Å². The number of nitrogens with two attached hydrogens (primary N) is 1. The molecule has 288 valence electrons. The minimum atomic E-state index is -2.27. The maximum atomic E-state index is 17.1. The topological polar surface area (TPSA) is 116 Å². The second-order valence-electron chi connectivity index (χ2n) is 16.5. The molecule has 2 fully saturated rings. The average Bonchev–Trinajstić information content (AvgIpc) is 3.36. The van der Waals surface area contributed by atoms with E-state index in [4.69, 9.17) is 19.9 Å². The van der Waals surface area contributed by atoms with Gasteiger partial charge in [0, 0.05) is 37.3 Å². The minimum absolute atomic E-state index is 0.0179. The first-order valence-electron chi connectivity index (χ1n) is 18.8. The molecule has 2 saturated heterocycles. The van der Waals surface area contributed by atoms with Crippen LogP contribution in [0.4, 0.5) is 25.3 Å². The Balaban J connectivity index is 1.50. The summed E-state index contributed by atoms with van der Waals surface area (Å²) >= 11 is 0. The number of aromatic nitrogens is 3. The molecule has 2 aliphatic rings. The van der Waals surface area contributed by atoms with Crippen LogP contribution in [-0.2, 0) is 9.47 Å². The van der Waals surface area contributed by atoms with Crippen molar-refractivity contribution < 1.29 is 27.8 Å². The van der Waals surface area contributed by atoms with Gasteiger partial charge in [0.25, 0.3) is 0 Å². The second kappa shape index (κ2) is 14.9. The number of fused-ring (bicyclic) bond motifs is 4. The number of methoxy groups -OCH3 is 1. The van der Waals surface area contributed by atoms with Crippen molar-refractivity contribution in [2.75, 3.05) is 37.6 Å². The number of piperazine rings is 1. The molecular formula is C41H52F2N6O4Si. The largest absolute Gasteiger partial charge is 0.468 e. The van der Waals surface area contributed by atoms with Gasteiger partial charge < -0.3 is 24.8 Å². The molecule has 2 aromatic heterocycles. The number of hydrogen-bond donors (Lipinski definition) is 1. The fraction of sp³-hybridized carbons (Fsp3) is 0.512. The zero-order valence-corrected chi connectivity index (χ0v) is 34.0. The van der Waals surface area contributed by atoms with Crippen molar-refractivity contribution in [3.63, 3.8) is 0 Å². The first-order valence-corrected chi connectivity index (χ1v) is 21.0. The molecule has 13 heteroatoms. The summed E-state index contributed by atoms with van der Waals surface area (Å²) in [7, 11) is -0.764. The summed E-state index contributed by atoms with van der Waals surface area (Å²) in [6, 6.07) is 6.21. The fourth-order valence-corrected chi connectivity index (χ4v) is 13.9. The number of anilines is 2. The molecule has 10 nitrogen and oxygen atoms in total. The minimum Gasteiger partial charge on any atom is -0.468 e. The van der Waals surface area contributed by atoms with Crippen LogP contribution in [0.25, 0.3) is 32.9 Å². The van der Waals surface area contributed by atoms with Crippen LogP contribution in [0.3, 0.4) is 0 Å². The lowest BCUT2D eigenvalue weighted by Crippen LogP contribution is -2.57. The normalized spacial score (nSPS) is 17.5. The Labute approximate surface area is 317 Å². The van der Waals surface area contributed by atoms with Crippen LogP contribution in [0, 0.1) is 23.1 Å². The van der Waals surface area contributed by atoms with E-state index in [-0.39, 0.29) is 47.7 Å². The number of nitrogen functional groups attached to an aromatic ring is 1. The number of carbonyl (C=O) groups is 1. The van der Waals surface area contributed by atoms with Crippen LogP contribution in [0.1, 0.15) is 80.7 Å². The summed E-state index contributed by atoms with van der Waals surface area (Å²) < 4.78 is 49.9. The number of benzene rings is 2. The number of ether oxygens (including phenoxy) is 3. The van der Waals surface area contributed by atoms with Crippen molar-refractivity contribution >= 4 is 47.6 Å². The Morgan fingerprint density at radius 2 is 1.67 bits per heavy atom. The first kappa shape index (κ1) is 39.2. The van der Waals surface area contributed by atoms with Gasteiger partial charge in [-0.05, 0) is 73.8 Å². The van der Waals surface area contributed by atoms with Gasteiger partial charge in [0.05, 0.1) is 23.0 Å². The average molecular weight is 759 g/mol. The molecule has 4 aromatic rings. The molecule has 2 aliphatic heterocycles. The summed E-state index contributed by atoms with van der Waals surface area (Å²) in [5.74, 6) is 2.79. The molecule has 0 saturated carbocycles. The van der Waals surface area contributed by atoms with Gasteiger partial charge in [-0.1, -0.05) is 53.5 Å². The maximum Gasteiger partial charge on any atom is 0.410 e. The van der Waals surface area contributed by atoms with Crippen LogP contribution in [0.2, 0.25) is 16.6 Å². The van der Waals surface area contributed by atoms with Gasteiger partial charge in [-0.25, -0.2) is 18.6 Å². The van der Waals surface area contributed by atoms with Crippen LogP contribution in [0.5, 0.6) is 5.75 Å². The summed E-state index contributed by atoms with van der Waals surface area (Å²) in [6.07, 6.45) is 2.81. The predicted molar refractivity (Wildman–Crippen MR) is 212 cm³/mol. The van der Waals surface area contributed by atoms with Crippen molar-refractivity contribution in [1.82, 2.24) is 19.9 Å². The van der Waals surface area contributed by atoms with Crippen LogP contribution in [-0.4, -0.2) is 78.7 Å². The second-order valence-corrected chi connectivity index (χ2v) is 22.0. The molecule has 2 atom stereocenters. The van der Waals surface area contributed by atoms with E-state index in [2.05, 4.69) is 68.0 Å². The van der Waals surface area contributed by atoms with Crippen molar-refractivity contribution in [3.05, 3.63) is 47.7 Å². The Kier molecular flexibility index (Phi) is 10.8. The number of rotatable bonds is 8. The van der Waals surface area contributed by atoms with Crippen molar-refractivity contribution in [2.24, 2.45) is 0 Å². The molecule has 4 heterocycles. The highest BCUT2D eigenvalue weighted by Crippen LogP contribution is 2.43. The van der Waals surface area contributed by atoms with Gasteiger partial charge in [0.1, 0.15) is 42.3 Å². The van der Waals surface area contributed by atoms with Gasteiger partial charge in [-0.15, -0.1) is 5.54 Å². The summed E-state index contributed by atoms with van der Waals surface area (Å²) in [4.78, 5) is 30.6. The van der Waals surface area contributed by atoms with Crippen molar-refractivity contribution in [1.29, 1.82) is 0 Å². The van der Waals surface area contributed by atoms with Crippen molar-refractivity contribution in [2.45, 2.75) is 109 Å². The molecule has 0 aliphatic carbocycles. The van der Waals surface area contributed by atoms with E-state index in [1.54, 1.807) is 18.2 Å². The third-order valence-corrected chi connectivity index (χ3v) is 17.3. The Bertz CT molecular complexity index is 2110. The van der Waals surface area contributed by atoms with E-state index in [0.717, 1.165) is 12.8 Å². The third-order valence-electron chi connectivity index (χ3n) is 11.0. The summed E-state index contributed by atoms with van der Waals surface area (Å²) in [5.41, 5.74) is 10.7.